The maximum absolute atomic E-state index is 6.30. The van der Waals surface area contributed by atoms with Gasteiger partial charge >= 0.3 is 0 Å². The van der Waals surface area contributed by atoms with Gasteiger partial charge in [0.05, 0.1) is 5.41 Å². The summed E-state index contributed by atoms with van der Waals surface area (Å²) in [5.74, 6) is 0. The summed E-state index contributed by atoms with van der Waals surface area (Å²) in [5, 5.41) is 4.71. The zero-order chi connectivity index (χ0) is 44.3. The van der Waals surface area contributed by atoms with Gasteiger partial charge in [-0.2, -0.15) is 0 Å². The van der Waals surface area contributed by atoms with E-state index in [1.807, 2.05) is 12.1 Å². The van der Waals surface area contributed by atoms with Crippen LogP contribution in [0.1, 0.15) is 22.3 Å². The first-order valence-corrected chi connectivity index (χ1v) is 23.1. The van der Waals surface area contributed by atoms with Crippen LogP contribution in [0.5, 0.6) is 0 Å². The van der Waals surface area contributed by atoms with Crippen molar-refractivity contribution in [1.82, 2.24) is 0 Å². The van der Waals surface area contributed by atoms with Gasteiger partial charge in [-0.3, -0.25) is 0 Å². The fraction of sp³-hybridized carbons (Fsp3) is 0.0154. The largest absolute Gasteiger partial charge is 0.456 e. The van der Waals surface area contributed by atoms with Crippen LogP contribution in [0, 0.1) is 0 Å². The lowest BCUT2D eigenvalue weighted by Crippen LogP contribution is -2.28. The van der Waals surface area contributed by atoms with Crippen molar-refractivity contribution < 1.29 is 4.42 Å². The Labute approximate surface area is 390 Å². The van der Waals surface area contributed by atoms with E-state index >= 15 is 0 Å². The quantitative estimate of drug-likeness (QED) is 0.151. The second-order valence-electron chi connectivity index (χ2n) is 17.6. The smallest absolute Gasteiger partial charge is 0.135 e. The molecule has 12 aromatic rings. The number of benzene rings is 11. The van der Waals surface area contributed by atoms with Gasteiger partial charge in [0.15, 0.2) is 0 Å². The first-order valence-electron chi connectivity index (χ1n) is 23.1. The van der Waals surface area contributed by atoms with Crippen LogP contribution in [-0.4, -0.2) is 0 Å². The minimum atomic E-state index is -0.458. The molecule has 0 aliphatic heterocycles. The molecule has 0 saturated heterocycles. The molecule has 0 atom stereocenters. The number of furan rings is 1. The van der Waals surface area contributed by atoms with Gasteiger partial charge < -0.3 is 9.32 Å². The predicted molar refractivity (Wildman–Crippen MR) is 280 cm³/mol. The van der Waals surface area contributed by atoms with Crippen LogP contribution in [0.2, 0.25) is 0 Å². The average Bonchev–Trinajstić information content (AvgIpc) is 3.93. The highest BCUT2D eigenvalue weighted by Crippen LogP contribution is 2.56. The van der Waals surface area contributed by atoms with Crippen molar-refractivity contribution >= 4 is 49.8 Å². The van der Waals surface area contributed by atoms with Crippen LogP contribution in [-0.2, 0) is 5.41 Å². The van der Waals surface area contributed by atoms with E-state index in [4.69, 9.17) is 4.42 Å². The summed E-state index contributed by atoms with van der Waals surface area (Å²) < 4.78 is 6.30. The molecule has 0 unspecified atom stereocenters. The lowest BCUT2D eigenvalue weighted by molar-refractivity contribution is 0.669. The molecular formula is C65H43NO. The zero-order valence-corrected chi connectivity index (χ0v) is 36.7. The van der Waals surface area contributed by atoms with Crippen molar-refractivity contribution in [3.05, 3.63) is 283 Å². The van der Waals surface area contributed by atoms with Crippen molar-refractivity contribution in [3.8, 4) is 44.5 Å². The summed E-state index contributed by atoms with van der Waals surface area (Å²) in [4.78, 5) is 2.36. The Bertz CT molecular complexity index is 3750. The number of fused-ring (bicyclic) bond motifs is 7. The van der Waals surface area contributed by atoms with E-state index in [1.54, 1.807) is 0 Å². The second kappa shape index (κ2) is 15.8. The van der Waals surface area contributed by atoms with Gasteiger partial charge in [-0.1, -0.05) is 200 Å². The summed E-state index contributed by atoms with van der Waals surface area (Å²) in [6.45, 7) is 0. The van der Waals surface area contributed by atoms with Crippen molar-refractivity contribution in [2.24, 2.45) is 0 Å². The molecule has 0 fully saturated rings. The lowest BCUT2D eigenvalue weighted by atomic mass is 9.67. The number of anilines is 3. The van der Waals surface area contributed by atoms with Gasteiger partial charge in [0.2, 0.25) is 0 Å². The molecule has 0 spiro atoms. The number of hydrogen-bond acceptors (Lipinski definition) is 2. The fourth-order valence-corrected chi connectivity index (χ4v) is 10.9. The number of hydrogen-bond donors (Lipinski definition) is 0. The highest BCUT2D eigenvalue weighted by molar-refractivity contribution is 6.06. The molecule has 0 saturated carbocycles. The molecule has 67 heavy (non-hydrogen) atoms. The zero-order valence-electron chi connectivity index (χ0n) is 36.7. The number of nitrogens with zero attached hydrogens (tertiary/aromatic N) is 1. The number of rotatable bonds is 8. The van der Waals surface area contributed by atoms with Crippen LogP contribution in [0.3, 0.4) is 0 Å². The van der Waals surface area contributed by atoms with E-state index < -0.39 is 5.41 Å². The van der Waals surface area contributed by atoms with E-state index in [-0.39, 0.29) is 0 Å². The predicted octanol–water partition coefficient (Wildman–Crippen LogP) is 17.6. The Morgan fingerprint density at radius 2 is 0.806 bits per heavy atom. The van der Waals surface area contributed by atoms with Crippen molar-refractivity contribution in [2.45, 2.75) is 5.41 Å². The van der Waals surface area contributed by atoms with E-state index in [1.165, 1.54) is 72.0 Å². The molecule has 2 nitrogen and oxygen atoms in total. The van der Waals surface area contributed by atoms with Crippen molar-refractivity contribution in [3.63, 3.8) is 0 Å². The minimum Gasteiger partial charge on any atom is -0.456 e. The van der Waals surface area contributed by atoms with Gasteiger partial charge in [-0.05, 0) is 138 Å². The summed E-state index contributed by atoms with van der Waals surface area (Å²) in [5.41, 5.74) is 19.4. The first kappa shape index (κ1) is 38.7. The third-order valence-electron chi connectivity index (χ3n) is 14.0. The monoisotopic (exact) mass is 853 g/mol. The summed E-state index contributed by atoms with van der Waals surface area (Å²) in [6, 6.07) is 95.0. The summed E-state index contributed by atoms with van der Waals surface area (Å²) in [7, 11) is 0. The molecule has 1 aliphatic rings. The van der Waals surface area contributed by atoms with Crippen LogP contribution >= 0.6 is 0 Å². The van der Waals surface area contributed by atoms with E-state index in [0.717, 1.165) is 44.6 Å². The van der Waals surface area contributed by atoms with Crippen LogP contribution in [0.4, 0.5) is 17.1 Å². The summed E-state index contributed by atoms with van der Waals surface area (Å²) in [6.07, 6.45) is 0. The Hall–Kier alpha value is -8.72. The SMILES string of the molecule is c1ccc(C2(c3ccccc3)c3ccccc3-c3ccc(-c4ccc(N(c5ccc(-c6cccc(-c7cccc8ccccc78)c6)cc5)c5ccc6oc7ccccc7c6c5)cc4)cc32)cc1. The second-order valence-corrected chi connectivity index (χ2v) is 17.6. The molecule has 13 rings (SSSR count). The fourth-order valence-electron chi connectivity index (χ4n) is 10.9. The molecule has 1 aliphatic carbocycles. The third kappa shape index (κ3) is 6.33. The maximum Gasteiger partial charge on any atom is 0.135 e. The average molecular weight is 854 g/mol. The molecule has 0 radical (unpaired) electrons. The van der Waals surface area contributed by atoms with Crippen LogP contribution < -0.4 is 4.90 Å². The molecule has 314 valence electrons. The molecule has 0 amide bonds. The van der Waals surface area contributed by atoms with E-state index in [2.05, 4.69) is 254 Å². The van der Waals surface area contributed by atoms with Crippen LogP contribution in [0.15, 0.2) is 265 Å². The summed E-state index contributed by atoms with van der Waals surface area (Å²) >= 11 is 0. The standard InChI is InChI=1S/C65H43NO/c1-3-19-50(20-4-1)65(51-21-5-2-6-22-51)61-27-11-9-24-57(61)58-39-33-48(42-62(58)65)45-31-36-53(37-32-45)66(54-38-40-64-60(43-54)59-25-10-12-28-63(59)67-64)52-34-29-44(30-35-52)47-17-13-18-49(41-47)56-26-14-16-46-15-7-8-23-55(46)56/h1-43H. The van der Waals surface area contributed by atoms with E-state index in [0.29, 0.717) is 0 Å². The van der Waals surface area contributed by atoms with Gasteiger partial charge in [0, 0.05) is 27.8 Å². The molecule has 2 heteroatoms. The topological polar surface area (TPSA) is 16.4 Å². The lowest BCUT2D eigenvalue weighted by Gasteiger charge is -2.34. The molecule has 1 aromatic heterocycles. The highest BCUT2D eigenvalue weighted by atomic mass is 16.3. The minimum absolute atomic E-state index is 0.458. The van der Waals surface area contributed by atoms with Gasteiger partial charge in [0.1, 0.15) is 11.2 Å². The Balaban J connectivity index is 0.909. The molecule has 11 aromatic carbocycles. The first-order chi connectivity index (χ1) is 33.2. The maximum atomic E-state index is 6.30. The Morgan fingerprint density at radius 1 is 0.284 bits per heavy atom. The van der Waals surface area contributed by atoms with Gasteiger partial charge in [-0.25, -0.2) is 0 Å². The van der Waals surface area contributed by atoms with Gasteiger partial charge in [-0.15, -0.1) is 0 Å². The van der Waals surface area contributed by atoms with E-state index in [9.17, 15) is 0 Å². The highest BCUT2D eigenvalue weighted by Gasteiger charge is 2.46. The van der Waals surface area contributed by atoms with Crippen LogP contribution in [0.25, 0.3) is 77.2 Å². The van der Waals surface area contributed by atoms with Gasteiger partial charge in [0.25, 0.3) is 0 Å². The molecule has 0 bridgehead atoms. The molecular weight excluding hydrogens is 811 g/mol. The Morgan fingerprint density at radius 3 is 1.55 bits per heavy atom. The molecule has 0 N–H and O–H groups in total. The number of para-hydroxylation sites is 1. The molecule has 1 heterocycles. The normalized spacial score (nSPS) is 12.6. The Kier molecular flexibility index (Phi) is 9.11. The third-order valence-corrected chi connectivity index (χ3v) is 14.0. The van der Waals surface area contributed by atoms with Crippen molar-refractivity contribution in [2.75, 3.05) is 4.90 Å². The van der Waals surface area contributed by atoms with Crippen molar-refractivity contribution in [1.29, 1.82) is 0 Å².